The quantitative estimate of drug-likeness (QED) is 0.257. The summed E-state index contributed by atoms with van der Waals surface area (Å²) in [6.07, 6.45) is 3.33. The van der Waals surface area contributed by atoms with E-state index in [0.29, 0.717) is 47.9 Å². The van der Waals surface area contributed by atoms with Gasteiger partial charge in [-0.05, 0) is 30.7 Å². The average Bonchev–Trinajstić information content (AvgIpc) is 3.35. The zero-order valence-electron chi connectivity index (χ0n) is 16.3. The highest BCUT2D eigenvalue weighted by molar-refractivity contribution is 7.88. The van der Waals surface area contributed by atoms with Gasteiger partial charge in [-0.15, -0.1) is 0 Å². The number of anilines is 1. The molecule has 2 aromatic heterocycles. The minimum absolute atomic E-state index is 0.0781. The summed E-state index contributed by atoms with van der Waals surface area (Å²) in [4.78, 5) is 16.0. The van der Waals surface area contributed by atoms with Gasteiger partial charge in [0.1, 0.15) is 5.82 Å². The number of imidazole rings is 1. The molecule has 0 amide bonds. The largest absolute Gasteiger partial charge is 0.352 e. The Hall–Kier alpha value is -2.80. The van der Waals surface area contributed by atoms with Gasteiger partial charge < -0.3 is 10.3 Å². The average molecular weight is 468 g/mol. The Balaban J connectivity index is 1.62. The van der Waals surface area contributed by atoms with Crippen molar-refractivity contribution in [1.82, 2.24) is 24.7 Å². The molecule has 1 aromatic carbocycles. The van der Waals surface area contributed by atoms with E-state index in [2.05, 4.69) is 25.3 Å². The van der Waals surface area contributed by atoms with Crippen LogP contribution in [-0.2, 0) is 10.0 Å². The fourth-order valence-corrected chi connectivity index (χ4v) is 4.41. The molecule has 0 radical (unpaired) electrons. The predicted molar refractivity (Wildman–Crippen MR) is 115 cm³/mol. The summed E-state index contributed by atoms with van der Waals surface area (Å²) in [5.74, 6) is -0.0807. The summed E-state index contributed by atoms with van der Waals surface area (Å²) in [5, 5.41) is 12.7. The van der Waals surface area contributed by atoms with Gasteiger partial charge in [-0.25, -0.2) is 27.1 Å². The zero-order valence-corrected chi connectivity index (χ0v) is 17.9. The highest BCUT2D eigenvalue weighted by Gasteiger charge is 2.29. The Morgan fingerprint density at radius 1 is 1.42 bits per heavy atom. The van der Waals surface area contributed by atoms with Gasteiger partial charge in [-0.2, -0.15) is 4.98 Å². The minimum Gasteiger partial charge on any atom is -0.352 e. The molecule has 4 N–H and O–H groups in total. The van der Waals surface area contributed by atoms with Gasteiger partial charge >= 0.3 is 0 Å². The number of sulfonamides is 1. The van der Waals surface area contributed by atoms with Crippen LogP contribution >= 0.6 is 11.6 Å². The number of nitrogens with zero attached hydrogens (tertiary/aromatic N) is 4. The van der Waals surface area contributed by atoms with E-state index < -0.39 is 15.8 Å². The highest BCUT2D eigenvalue weighted by atomic mass is 35.5. The van der Waals surface area contributed by atoms with Crippen molar-refractivity contribution >= 4 is 50.3 Å². The molecule has 0 spiro atoms. The molecule has 0 aliphatic carbocycles. The predicted octanol–water partition coefficient (Wildman–Crippen LogP) is 2.25. The molecule has 31 heavy (non-hydrogen) atoms. The van der Waals surface area contributed by atoms with Gasteiger partial charge in [-0.3, -0.25) is 10.7 Å². The Labute approximate surface area is 182 Å². The van der Waals surface area contributed by atoms with Crippen molar-refractivity contribution in [3.63, 3.8) is 0 Å². The first-order valence-electron chi connectivity index (χ1n) is 9.25. The maximum absolute atomic E-state index is 13.4. The molecule has 164 valence electrons. The molecule has 10 nitrogen and oxygen atoms in total. The number of amidine groups is 1. The van der Waals surface area contributed by atoms with Crippen molar-refractivity contribution < 1.29 is 18.0 Å². The van der Waals surface area contributed by atoms with Crippen LogP contribution < -0.4 is 10.8 Å². The van der Waals surface area contributed by atoms with Crippen LogP contribution in [0.1, 0.15) is 12.0 Å². The second-order valence-corrected chi connectivity index (χ2v) is 9.45. The summed E-state index contributed by atoms with van der Waals surface area (Å²) in [7, 11) is -3.24. The second kappa shape index (κ2) is 8.38. The van der Waals surface area contributed by atoms with Crippen LogP contribution in [0.2, 0.25) is 5.02 Å². The van der Waals surface area contributed by atoms with Crippen LogP contribution in [0.25, 0.3) is 11.2 Å². The van der Waals surface area contributed by atoms with Crippen molar-refractivity contribution in [2.45, 2.75) is 12.5 Å². The molecule has 13 heteroatoms. The molecule has 3 aromatic rings. The van der Waals surface area contributed by atoms with E-state index in [1.54, 1.807) is 6.07 Å². The van der Waals surface area contributed by atoms with Gasteiger partial charge in [0.2, 0.25) is 16.0 Å². The standard InChI is InChI=1S/C18H19ClFN7O3S/c1-31(29,30)27-7-5-11(9-27)23-18-24-15-12(4-6-21-17(15)25-18)16(26-28)22-10-2-3-14(20)13(19)8-10/h2-4,6,8,11,28H,5,7,9H2,1H3,(H,22,26)(H2,21,23,24,25). The van der Waals surface area contributed by atoms with Gasteiger partial charge in [0, 0.05) is 30.9 Å². The van der Waals surface area contributed by atoms with Crippen LogP contribution in [-0.4, -0.2) is 64.1 Å². The molecule has 1 atom stereocenters. The Morgan fingerprint density at radius 3 is 2.90 bits per heavy atom. The van der Waals surface area contributed by atoms with Crippen molar-refractivity contribution in [2.24, 2.45) is 4.99 Å². The number of hydrogen-bond donors (Lipinski definition) is 4. The fourth-order valence-electron chi connectivity index (χ4n) is 3.35. The molecular formula is C18H19ClFN7O3S. The van der Waals surface area contributed by atoms with Gasteiger partial charge in [0.05, 0.1) is 22.5 Å². The lowest BCUT2D eigenvalue weighted by Crippen LogP contribution is -2.30. The number of hydrogen-bond acceptors (Lipinski definition) is 7. The maximum atomic E-state index is 13.4. The molecule has 1 aliphatic rings. The number of aromatic amines is 1. The second-order valence-electron chi connectivity index (χ2n) is 7.06. The lowest BCUT2D eigenvalue weighted by atomic mass is 10.2. The number of rotatable bonds is 5. The normalized spacial score (nSPS) is 17.9. The third-order valence-corrected chi connectivity index (χ3v) is 6.42. The van der Waals surface area contributed by atoms with Crippen molar-refractivity contribution in [3.05, 3.63) is 46.9 Å². The molecule has 0 bridgehead atoms. The number of H-pyrrole nitrogens is 1. The number of aromatic nitrogens is 3. The van der Waals surface area contributed by atoms with E-state index in [1.165, 1.54) is 35.0 Å². The van der Waals surface area contributed by atoms with E-state index in [-0.39, 0.29) is 16.9 Å². The molecule has 3 heterocycles. The molecule has 1 saturated heterocycles. The first kappa shape index (κ1) is 21.4. The number of pyridine rings is 1. The summed E-state index contributed by atoms with van der Waals surface area (Å²) in [6, 6.07) is 5.45. The van der Waals surface area contributed by atoms with E-state index in [4.69, 9.17) is 11.6 Å². The monoisotopic (exact) mass is 467 g/mol. The number of benzene rings is 1. The SMILES string of the molecule is CS(=O)(=O)N1CCC(Nc2nc3nccc(C(=Nc4ccc(F)c(Cl)c4)NO)c3[nH]2)C1. The number of fused-ring (bicyclic) bond motifs is 1. The van der Waals surface area contributed by atoms with E-state index in [1.807, 2.05) is 5.48 Å². The highest BCUT2D eigenvalue weighted by Crippen LogP contribution is 2.24. The Bertz CT molecular complexity index is 1260. The topological polar surface area (TPSA) is 136 Å². The van der Waals surface area contributed by atoms with Crippen LogP contribution in [0.3, 0.4) is 0 Å². The summed E-state index contributed by atoms with van der Waals surface area (Å²) < 4.78 is 38.2. The van der Waals surface area contributed by atoms with Crippen LogP contribution in [0.4, 0.5) is 16.0 Å². The summed E-state index contributed by atoms with van der Waals surface area (Å²) in [6.45, 7) is 0.776. The minimum atomic E-state index is -3.24. The maximum Gasteiger partial charge on any atom is 0.211 e. The van der Waals surface area contributed by atoms with E-state index in [9.17, 15) is 18.0 Å². The Morgan fingerprint density at radius 2 is 2.23 bits per heavy atom. The number of halogens is 2. The summed E-state index contributed by atoms with van der Waals surface area (Å²) >= 11 is 5.80. The first-order chi connectivity index (χ1) is 14.7. The smallest absolute Gasteiger partial charge is 0.211 e. The fraction of sp³-hybridized carbons (Fsp3) is 0.278. The third kappa shape index (κ3) is 4.61. The molecule has 1 unspecified atom stereocenters. The third-order valence-electron chi connectivity index (χ3n) is 4.86. The van der Waals surface area contributed by atoms with Crippen LogP contribution in [0.5, 0.6) is 0 Å². The van der Waals surface area contributed by atoms with Crippen molar-refractivity contribution in [1.29, 1.82) is 0 Å². The molecule has 1 fully saturated rings. The van der Waals surface area contributed by atoms with Crippen molar-refractivity contribution in [2.75, 3.05) is 24.7 Å². The summed E-state index contributed by atoms with van der Waals surface area (Å²) in [5.41, 5.74) is 3.71. The number of hydroxylamine groups is 1. The molecular weight excluding hydrogens is 449 g/mol. The lowest BCUT2D eigenvalue weighted by molar-refractivity contribution is 0.235. The van der Waals surface area contributed by atoms with Gasteiger partial charge in [0.15, 0.2) is 11.5 Å². The van der Waals surface area contributed by atoms with Crippen LogP contribution in [0.15, 0.2) is 35.5 Å². The van der Waals surface area contributed by atoms with E-state index >= 15 is 0 Å². The number of nitrogens with one attached hydrogen (secondary N) is 3. The molecule has 1 aliphatic heterocycles. The molecule has 4 rings (SSSR count). The molecule has 0 saturated carbocycles. The Kier molecular flexibility index (Phi) is 5.79. The first-order valence-corrected chi connectivity index (χ1v) is 11.5. The van der Waals surface area contributed by atoms with Gasteiger partial charge in [0.25, 0.3) is 0 Å². The van der Waals surface area contributed by atoms with Gasteiger partial charge in [-0.1, -0.05) is 11.6 Å². The number of aliphatic imine (C=N–C) groups is 1. The van der Waals surface area contributed by atoms with Crippen molar-refractivity contribution in [3.8, 4) is 0 Å². The van der Waals surface area contributed by atoms with E-state index in [0.717, 1.165) is 0 Å². The van der Waals surface area contributed by atoms with Crippen LogP contribution in [0, 0.1) is 5.82 Å². The zero-order chi connectivity index (χ0) is 22.2. The lowest BCUT2D eigenvalue weighted by Gasteiger charge is -2.13.